The summed E-state index contributed by atoms with van der Waals surface area (Å²) >= 11 is 0. The Hall–Kier alpha value is -2.83. The summed E-state index contributed by atoms with van der Waals surface area (Å²) in [5.41, 5.74) is 0. The molecule has 1 heterocycles. The maximum absolute atomic E-state index is 12.5. The summed E-state index contributed by atoms with van der Waals surface area (Å²) in [7, 11) is 0. The molecule has 0 saturated heterocycles. The van der Waals surface area contributed by atoms with E-state index < -0.39 is 0 Å². The lowest BCUT2D eigenvalue weighted by Crippen LogP contribution is -2.41. The number of hydrogen-bond acceptors (Lipinski definition) is 5. The molecule has 2 aromatic rings. The molecule has 0 bridgehead atoms. The van der Waals surface area contributed by atoms with Gasteiger partial charge < -0.3 is 19.5 Å². The number of hydrogen-bond donors (Lipinski definition) is 1. The number of nitrogens with one attached hydrogen (secondary N) is 1. The Bertz CT molecular complexity index is 659. The number of aromatic nitrogens is 1. The van der Waals surface area contributed by atoms with E-state index in [-0.39, 0.29) is 25.0 Å². The van der Waals surface area contributed by atoms with E-state index in [2.05, 4.69) is 21.9 Å². The van der Waals surface area contributed by atoms with E-state index in [1.807, 2.05) is 18.2 Å². The highest BCUT2D eigenvalue weighted by atomic mass is 16.5. The zero-order valence-electron chi connectivity index (χ0n) is 15.0. The second-order valence-corrected chi connectivity index (χ2v) is 5.91. The van der Waals surface area contributed by atoms with Gasteiger partial charge in [-0.1, -0.05) is 49.5 Å². The largest absolute Gasteiger partial charge is 0.484 e. The van der Waals surface area contributed by atoms with Crippen LogP contribution in [0.1, 0.15) is 32.6 Å². The molecule has 140 valence electrons. The van der Waals surface area contributed by atoms with E-state index in [9.17, 15) is 9.59 Å². The normalized spacial score (nSPS) is 10.3. The minimum Gasteiger partial charge on any atom is -0.484 e. The van der Waals surface area contributed by atoms with Crippen LogP contribution in [0, 0.1) is 0 Å². The van der Waals surface area contributed by atoms with Gasteiger partial charge in [0.1, 0.15) is 18.6 Å². The molecule has 0 saturated carbocycles. The van der Waals surface area contributed by atoms with Crippen molar-refractivity contribution >= 4 is 17.6 Å². The number of nitrogens with zero attached hydrogens (tertiary/aromatic N) is 2. The van der Waals surface area contributed by atoms with Crippen LogP contribution in [0.5, 0.6) is 5.75 Å². The van der Waals surface area contributed by atoms with Crippen molar-refractivity contribution in [3.05, 3.63) is 42.7 Å². The number of anilines is 1. The van der Waals surface area contributed by atoms with E-state index >= 15 is 0 Å². The Morgan fingerprint density at radius 2 is 1.96 bits per heavy atom. The van der Waals surface area contributed by atoms with Crippen molar-refractivity contribution in [1.82, 2.24) is 10.1 Å². The van der Waals surface area contributed by atoms with Gasteiger partial charge in [0.2, 0.25) is 5.91 Å². The molecule has 0 unspecified atom stereocenters. The predicted molar refractivity (Wildman–Crippen MR) is 97.8 cm³/mol. The molecule has 0 aliphatic carbocycles. The Balaban J connectivity index is 1.88. The average Bonchev–Trinajstić information content (AvgIpc) is 3.16. The summed E-state index contributed by atoms with van der Waals surface area (Å²) in [4.78, 5) is 26.2. The van der Waals surface area contributed by atoms with Crippen molar-refractivity contribution in [1.29, 1.82) is 0 Å². The molecule has 0 spiro atoms. The highest BCUT2D eigenvalue weighted by molar-refractivity contribution is 5.93. The van der Waals surface area contributed by atoms with E-state index in [4.69, 9.17) is 4.74 Å². The lowest BCUT2D eigenvalue weighted by molar-refractivity contribution is -0.136. The SMILES string of the molecule is CCCCCCN(CC(=O)Nc1ccon1)C(=O)COc1ccccc1. The third kappa shape index (κ3) is 6.96. The molecule has 0 atom stereocenters. The number of ether oxygens (including phenoxy) is 1. The number of unbranched alkanes of at least 4 members (excludes halogenated alkanes) is 3. The fourth-order valence-electron chi connectivity index (χ4n) is 2.41. The summed E-state index contributed by atoms with van der Waals surface area (Å²) in [6, 6.07) is 10.7. The summed E-state index contributed by atoms with van der Waals surface area (Å²) in [5.74, 6) is 0.413. The van der Waals surface area contributed by atoms with Crippen LogP contribution in [0.3, 0.4) is 0 Å². The standard InChI is InChI=1S/C19H25N3O4/c1-2-3-4-8-12-22(14-18(23)20-17-11-13-26-21-17)19(24)15-25-16-9-6-5-7-10-16/h5-7,9-11,13H,2-4,8,12,14-15H2,1H3,(H,20,21,23). The molecule has 0 radical (unpaired) electrons. The number of carbonyl (C=O) groups is 2. The average molecular weight is 359 g/mol. The Labute approximate surface area is 153 Å². The predicted octanol–water partition coefficient (Wildman–Crippen LogP) is 3.10. The first-order chi connectivity index (χ1) is 12.7. The second kappa shape index (κ2) is 10.9. The summed E-state index contributed by atoms with van der Waals surface area (Å²) in [6.45, 7) is 2.50. The first-order valence-electron chi connectivity index (χ1n) is 8.85. The molecule has 7 nitrogen and oxygen atoms in total. The van der Waals surface area contributed by atoms with Crippen molar-refractivity contribution < 1.29 is 18.8 Å². The fourth-order valence-corrected chi connectivity index (χ4v) is 2.41. The molecule has 0 aliphatic rings. The molecule has 1 aromatic heterocycles. The van der Waals surface area contributed by atoms with Crippen molar-refractivity contribution in [3.8, 4) is 5.75 Å². The molecule has 1 aromatic carbocycles. The smallest absolute Gasteiger partial charge is 0.260 e. The first-order valence-corrected chi connectivity index (χ1v) is 8.85. The topological polar surface area (TPSA) is 84.7 Å². The quantitative estimate of drug-likeness (QED) is 0.623. The molecule has 1 N–H and O–H groups in total. The number of benzene rings is 1. The lowest BCUT2D eigenvalue weighted by atomic mass is 10.2. The molecule has 0 fully saturated rings. The van der Waals surface area contributed by atoms with Crippen LogP contribution in [0.4, 0.5) is 5.82 Å². The number of para-hydroxylation sites is 1. The molecular weight excluding hydrogens is 334 g/mol. The third-order valence-electron chi connectivity index (χ3n) is 3.78. The van der Waals surface area contributed by atoms with E-state index in [1.54, 1.807) is 18.2 Å². The van der Waals surface area contributed by atoms with Crippen LogP contribution in [0.15, 0.2) is 47.2 Å². The van der Waals surface area contributed by atoms with Gasteiger partial charge in [0.25, 0.3) is 5.91 Å². The van der Waals surface area contributed by atoms with Gasteiger partial charge in [-0.2, -0.15) is 0 Å². The van der Waals surface area contributed by atoms with Crippen LogP contribution in [0.25, 0.3) is 0 Å². The maximum atomic E-state index is 12.5. The monoisotopic (exact) mass is 359 g/mol. The number of amides is 2. The molecule has 2 rings (SSSR count). The Morgan fingerprint density at radius 3 is 2.65 bits per heavy atom. The third-order valence-corrected chi connectivity index (χ3v) is 3.78. The van der Waals surface area contributed by atoms with Crippen LogP contribution in [0.2, 0.25) is 0 Å². The number of carbonyl (C=O) groups excluding carboxylic acids is 2. The van der Waals surface area contributed by atoms with Gasteiger partial charge >= 0.3 is 0 Å². The number of rotatable bonds is 11. The van der Waals surface area contributed by atoms with Crippen molar-refractivity contribution in [2.24, 2.45) is 0 Å². The highest BCUT2D eigenvalue weighted by Crippen LogP contribution is 2.09. The zero-order valence-corrected chi connectivity index (χ0v) is 15.0. The maximum Gasteiger partial charge on any atom is 0.260 e. The van der Waals surface area contributed by atoms with Gasteiger partial charge in [0, 0.05) is 12.6 Å². The van der Waals surface area contributed by atoms with Crippen molar-refractivity contribution in [3.63, 3.8) is 0 Å². The highest BCUT2D eigenvalue weighted by Gasteiger charge is 2.18. The van der Waals surface area contributed by atoms with E-state index in [0.29, 0.717) is 18.1 Å². The zero-order chi connectivity index (χ0) is 18.6. The molecule has 7 heteroatoms. The molecule has 0 aliphatic heterocycles. The van der Waals surface area contributed by atoms with Gasteiger partial charge in [0.15, 0.2) is 12.4 Å². The van der Waals surface area contributed by atoms with E-state index in [0.717, 1.165) is 25.7 Å². The lowest BCUT2D eigenvalue weighted by Gasteiger charge is -2.22. The van der Waals surface area contributed by atoms with Gasteiger partial charge in [-0.05, 0) is 18.6 Å². The van der Waals surface area contributed by atoms with Gasteiger partial charge in [-0.15, -0.1) is 0 Å². The van der Waals surface area contributed by atoms with Crippen molar-refractivity contribution in [2.45, 2.75) is 32.6 Å². The molecular formula is C19H25N3O4. The minimum atomic E-state index is -0.317. The van der Waals surface area contributed by atoms with Crippen LogP contribution < -0.4 is 10.1 Å². The minimum absolute atomic E-state index is 0.0457. The first kappa shape index (κ1) is 19.5. The Morgan fingerprint density at radius 1 is 1.15 bits per heavy atom. The molecule has 2 amide bonds. The van der Waals surface area contributed by atoms with Crippen LogP contribution >= 0.6 is 0 Å². The fraction of sp³-hybridized carbons (Fsp3) is 0.421. The van der Waals surface area contributed by atoms with Gasteiger partial charge in [-0.25, -0.2) is 0 Å². The van der Waals surface area contributed by atoms with Gasteiger partial charge in [0.05, 0.1) is 0 Å². The van der Waals surface area contributed by atoms with E-state index in [1.165, 1.54) is 11.2 Å². The van der Waals surface area contributed by atoms with Crippen molar-refractivity contribution in [2.75, 3.05) is 25.0 Å². The summed E-state index contributed by atoms with van der Waals surface area (Å²) < 4.78 is 10.2. The van der Waals surface area contributed by atoms with Gasteiger partial charge in [-0.3, -0.25) is 9.59 Å². The van der Waals surface area contributed by atoms with Crippen LogP contribution in [-0.2, 0) is 9.59 Å². The Kier molecular flexibility index (Phi) is 8.18. The molecule has 26 heavy (non-hydrogen) atoms. The van der Waals surface area contributed by atoms with Crippen LogP contribution in [-0.4, -0.2) is 41.6 Å². The summed E-state index contributed by atoms with van der Waals surface area (Å²) in [6.07, 6.45) is 5.45. The summed E-state index contributed by atoms with van der Waals surface area (Å²) in [5, 5.41) is 6.24. The second-order valence-electron chi connectivity index (χ2n) is 5.91.